The first-order chi connectivity index (χ1) is 14.3. The molecule has 1 atom stereocenters. The Morgan fingerprint density at radius 3 is 2.47 bits per heavy atom. The van der Waals surface area contributed by atoms with Crippen LogP contribution in [0.3, 0.4) is 0 Å². The van der Waals surface area contributed by atoms with Gasteiger partial charge in [-0.25, -0.2) is 4.79 Å². The van der Waals surface area contributed by atoms with Gasteiger partial charge in [-0.2, -0.15) is 5.26 Å². The van der Waals surface area contributed by atoms with Gasteiger partial charge in [-0.3, -0.25) is 9.59 Å². The number of ketones is 1. The van der Waals surface area contributed by atoms with E-state index in [0.717, 1.165) is 0 Å². The van der Waals surface area contributed by atoms with Crippen molar-refractivity contribution < 1.29 is 23.9 Å². The standard InChI is InChI=1S/C23H22N2O5/c1-4-29-21-10-8-17(9-11-21)12-19(14-24)23(28)30-16(3)22(27)25-20-7-5-6-18(13-20)15(2)26/h5-13,16H,4H2,1-3H3,(H,25,27)/b19-12+/t16-/m1/s1. The van der Waals surface area contributed by atoms with E-state index in [1.54, 1.807) is 48.5 Å². The molecule has 0 unspecified atom stereocenters. The summed E-state index contributed by atoms with van der Waals surface area (Å²) in [4.78, 5) is 36.1. The molecule has 2 rings (SSSR count). The third kappa shape index (κ3) is 6.31. The third-order valence-corrected chi connectivity index (χ3v) is 4.03. The molecule has 1 N–H and O–H groups in total. The van der Waals surface area contributed by atoms with Crippen LogP contribution in [-0.2, 0) is 14.3 Å². The van der Waals surface area contributed by atoms with Crippen molar-refractivity contribution in [3.63, 3.8) is 0 Å². The zero-order chi connectivity index (χ0) is 22.1. The normalized spacial score (nSPS) is 11.7. The lowest BCUT2D eigenvalue weighted by Gasteiger charge is -2.13. The van der Waals surface area contributed by atoms with Crippen LogP contribution >= 0.6 is 0 Å². The van der Waals surface area contributed by atoms with Crippen LogP contribution in [0, 0.1) is 11.3 Å². The van der Waals surface area contributed by atoms with Gasteiger partial charge in [0.1, 0.15) is 17.4 Å². The summed E-state index contributed by atoms with van der Waals surface area (Å²) in [5.41, 5.74) is 1.23. The number of Topliss-reactive ketones (excluding diaryl/α,β-unsaturated/α-hetero) is 1. The van der Waals surface area contributed by atoms with Gasteiger partial charge in [0.15, 0.2) is 11.9 Å². The Morgan fingerprint density at radius 2 is 1.87 bits per heavy atom. The van der Waals surface area contributed by atoms with Gasteiger partial charge in [0.25, 0.3) is 5.91 Å². The Bertz CT molecular complexity index is 1000. The van der Waals surface area contributed by atoms with Crippen LogP contribution < -0.4 is 10.1 Å². The van der Waals surface area contributed by atoms with Crippen LogP contribution in [0.1, 0.15) is 36.7 Å². The molecule has 0 aliphatic heterocycles. The Kier molecular flexibility index (Phi) is 7.89. The van der Waals surface area contributed by atoms with Crippen LogP contribution in [-0.4, -0.2) is 30.4 Å². The minimum absolute atomic E-state index is 0.135. The average molecular weight is 406 g/mol. The largest absolute Gasteiger partial charge is 0.494 e. The van der Waals surface area contributed by atoms with Crippen LogP contribution in [0.25, 0.3) is 6.08 Å². The molecule has 30 heavy (non-hydrogen) atoms. The van der Waals surface area contributed by atoms with E-state index < -0.39 is 18.0 Å². The lowest BCUT2D eigenvalue weighted by atomic mass is 10.1. The summed E-state index contributed by atoms with van der Waals surface area (Å²) in [5.74, 6) is -0.951. The van der Waals surface area contributed by atoms with Crippen molar-refractivity contribution >= 4 is 29.4 Å². The molecular weight excluding hydrogens is 384 g/mol. The first-order valence-electron chi connectivity index (χ1n) is 9.31. The number of benzene rings is 2. The van der Waals surface area contributed by atoms with Crippen molar-refractivity contribution in [1.29, 1.82) is 5.26 Å². The molecule has 0 aromatic heterocycles. The molecule has 1 amide bonds. The summed E-state index contributed by atoms with van der Waals surface area (Å²) in [7, 11) is 0. The Morgan fingerprint density at radius 1 is 1.17 bits per heavy atom. The number of carbonyl (C=O) groups excluding carboxylic acids is 3. The van der Waals surface area contributed by atoms with E-state index in [-0.39, 0.29) is 11.4 Å². The maximum absolute atomic E-state index is 12.3. The lowest BCUT2D eigenvalue weighted by molar-refractivity contribution is -0.148. The molecule has 0 fully saturated rings. The van der Waals surface area contributed by atoms with Crippen molar-refractivity contribution in [3.8, 4) is 11.8 Å². The number of hydrogen-bond donors (Lipinski definition) is 1. The molecule has 154 valence electrons. The monoisotopic (exact) mass is 406 g/mol. The molecule has 7 nitrogen and oxygen atoms in total. The van der Waals surface area contributed by atoms with Gasteiger partial charge in [0.05, 0.1) is 6.61 Å². The fourth-order valence-corrected chi connectivity index (χ4v) is 2.47. The van der Waals surface area contributed by atoms with Crippen molar-refractivity contribution in [2.24, 2.45) is 0 Å². The molecule has 0 spiro atoms. The number of nitrogens with zero attached hydrogens (tertiary/aromatic N) is 1. The minimum atomic E-state index is -1.14. The van der Waals surface area contributed by atoms with E-state index in [1.165, 1.54) is 26.0 Å². The molecule has 0 saturated carbocycles. The first kappa shape index (κ1) is 22.4. The molecule has 7 heteroatoms. The number of rotatable bonds is 8. The van der Waals surface area contributed by atoms with Crippen molar-refractivity contribution in [3.05, 3.63) is 65.2 Å². The molecule has 0 aliphatic rings. The molecule has 0 heterocycles. The van der Waals surface area contributed by atoms with Gasteiger partial charge in [-0.1, -0.05) is 24.3 Å². The van der Waals surface area contributed by atoms with E-state index in [1.807, 2.05) is 6.92 Å². The zero-order valence-electron chi connectivity index (χ0n) is 17.0. The van der Waals surface area contributed by atoms with Gasteiger partial charge in [-0.15, -0.1) is 0 Å². The number of carbonyl (C=O) groups is 3. The van der Waals surface area contributed by atoms with Gasteiger partial charge < -0.3 is 14.8 Å². The number of anilines is 1. The molecule has 0 saturated heterocycles. The number of hydrogen-bond acceptors (Lipinski definition) is 6. The second kappa shape index (κ2) is 10.6. The van der Waals surface area contributed by atoms with E-state index in [9.17, 15) is 19.6 Å². The van der Waals surface area contributed by atoms with Crippen LogP contribution in [0.2, 0.25) is 0 Å². The third-order valence-electron chi connectivity index (χ3n) is 4.03. The molecule has 2 aromatic carbocycles. The van der Waals surface area contributed by atoms with E-state index in [2.05, 4.69) is 5.32 Å². The fourth-order valence-electron chi connectivity index (χ4n) is 2.47. The van der Waals surface area contributed by atoms with Gasteiger partial charge in [0.2, 0.25) is 0 Å². The number of nitrogens with one attached hydrogen (secondary N) is 1. The highest BCUT2D eigenvalue weighted by Gasteiger charge is 2.21. The van der Waals surface area contributed by atoms with E-state index in [4.69, 9.17) is 9.47 Å². The molecule has 2 aromatic rings. The zero-order valence-corrected chi connectivity index (χ0v) is 17.0. The van der Waals surface area contributed by atoms with E-state index >= 15 is 0 Å². The molecule has 0 aliphatic carbocycles. The first-order valence-corrected chi connectivity index (χ1v) is 9.31. The predicted octanol–water partition coefficient (Wildman–Crippen LogP) is 3.77. The molecule has 0 radical (unpaired) electrons. The topological polar surface area (TPSA) is 105 Å². The Balaban J connectivity index is 2.03. The number of esters is 1. The van der Waals surface area contributed by atoms with Crippen molar-refractivity contribution in [2.75, 3.05) is 11.9 Å². The van der Waals surface area contributed by atoms with Crippen molar-refractivity contribution in [1.82, 2.24) is 0 Å². The summed E-state index contributed by atoms with van der Waals surface area (Å²) in [5, 5.41) is 11.9. The highest BCUT2D eigenvalue weighted by atomic mass is 16.5. The maximum Gasteiger partial charge on any atom is 0.349 e. The second-order valence-corrected chi connectivity index (χ2v) is 6.35. The van der Waals surface area contributed by atoms with Gasteiger partial charge in [0, 0.05) is 11.3 Å². The summed E-state index contributed by atoms with van der Waals surface area (Å²) in [6, 6.07) is 15.1. The predicted molar refractivity (Wildman–Crippen MR) is 112 cm³/mol. The lowest BCUT2D eigenvalue weighted by Crippen LogP contribution is -2.30. The maximum atomic E-state index is 12.3. The average Bonchev–Trinajstić information content (AvgIpc) is 2.73. The smallest absolute Gasteiger partial charge is 0.349 e. The highest BCUT2D eigenvalue weighted by Crippen LogP contribution is 2.16. The number of ether oxygens (including phenoxy) is 2. The van der Waals surface area contributed by atoms with Gasteiger partial charge in [-0.05, 0) is 56.7 Å². The van der Waals surface area contributed by atoms with Crippen LogP contribution in [0.15, 0.2) is 54.1 Å². The summed E-state index contributed by atoms with van der Waals surface area (Å²) >= 11 is 0. The number of nitriles is 1. The van der Waals surface area contributed by atoms with Crippen LogP contribution in [0.4, 0.5) is 5.69 Å². The summed E-state index contributed by atoms with van der Waals surface area (Å²) in [6.45, 7) is 5.22. The number of amides is 1. The Labute approximate surface area is 174 Å². The van der Waals surface area contributed by atoms with Crippen LogP contribution in [0.5, 0.6) is 5.75 Å². The van der Waals surface area contributed by atoms with E-state index in [0.29, 0.717) is 29.2 Å². The SMILES string of the molecule is CCOc1ccc(/C=C(\C#N)C(=O)O[C@H](C)C(=O)Nc2cccc(C(C)=O)c2)cc1. The summed E-state index contributed by atoms with van der Waals surface area (Å²) in [6.07, 6.45) is 0.231. The second-order valence-electron chi connectivity index (χ2n) is 6.35. The van der Waals surface area contributed by atoms with Gasteiger partial charge >= 0.3 is 5.97 Å². The summed E-state index contributed by atoms with van der Waals surface area (Å²) < 4.78 is 10.5. The fraction of sp³-hybridized carbons (Fsp3) is 0.217. The van der Waals surface area contributed by atoms with Crippen molar-refractivity contribution in [2.45, 2.75) is 26.9 Å². The molecular formula is C23H22N2O5. The minimum Gasteiger partial charge on any atom is -0.494 e. The quantitative estimate of drug-likeness (QED) is 0.310. The Hall–Kier alpha value is -3.92. The highest BCUT2D eigenvalue weighted by molar-refractivity contribution is 6.01. The molecule has 0 bridgehead atoms.